The van der Waals surface area contributed by atoms with E-state index in [0.29, 0.717) is 4.91 Å². The van der Waals surface area contributed by atoms with Gasteiger partial charge in [-0.2, -0.15) is 0 Å². The maximum absolute atomic E-state index is 13.6. The molecule has 31 heavy (non-hydrogen) atoms. The lowest BCUT2D eigenvalue weighted by Gasteiger charge is -2.12. The highest BCUT2D eigenvalue weighted by Crippen LogP contribution is 2.32. The van der Waals surface area contributed by atoms with Crippen molar-refractivity contribution < 1.29 is 9.18 Å². The van der Waals surface area contributed by atoms with Crippen LogP contribution in [0.4, 0.5) is 10.1 Å². The number of carbonyl (C=O) groups is 1. The molecule has 1 amide bonds. The van der Waals surface area contributed by atoms with E-state index in [2.05, 4.69) is 29.7 Å². The van der Waals surface area contributed by atoms with E-state index in [1.807, 2.05) is 42.7 Å². The number of rotatable bonds is 5. The predicted octanol–water partition coefficient (Wildman–Crippen LogP) is 6.05. The number of halogens is 2. The molecule has 0 unspecified atom stereocenters. The summed E-state index contributed by atoms with van der Waals surface area (Å²) in [6.45, 7) is 6.06. The zero-order valence-electron chi connectivity index (χ0n) is 17.5. The molecule has 4 rings (SSSR count). The summed E-state index contributed by atoms with van der Waals surface area (Å²) in [5.41, 5.74) is 5.64. The zero-order valence-corrected chi connectivity index (χ0v) is 19.1. The number of amides is 1. The van der Waals surface area contributed by atoms with E-state index in [4.69, 9.17) is 11.6 Å². The average Bonchev–Trinajstić information content (AvgIpc) is 3.23. The summed E-state index contributed by atoms with van der Waals surface area (Å²) in [6.07, 6.45) is 2.89. The van der Waals surface area contributed by atoms with Gasteiger partial charge in [0, 0.05) is 22.8 Å². The molecule has 2 N–H and O–H groups in total. The molecule has 1 aromatic heterocycles. The van der Waals surface area contributed by atoms with Crippen molar-refractivity contribution in [3.8, 4) is 5.69 Å². The molecule has 7 heteroatoms. The molecule has 1 saturated heterocycles. The Bertz CT molecular complexity index is 1170. The Morgan fingerprint density at radius 2 is 1.94 bits per heavy atom. The minimum Gasteiger partial charge on any atom is -0.357 e. The first kappa shape index (κ1) is 21.5. The topological polar surface area (TPSA) is 46.1 Å². The van der Waals surface area contributed by atoms with Gasteiger partial charge in [-0.15, -0.1) is 0 Å². The first-order valence-corrected chi connectivity index (χ1v) is 11.3. The van der Waals surface area contributed by atoms with E-state index in [-0.39, 0.29) is 16.4 Å². The van der Waals surface area contributed by atoms with E-state index in [1.54, 1.807) is 12.1 Å². The van der Waals surface area contributed by atoms with Crippen LogP contribution in [-0.4, -0.2) is 16.0 Å². The fraction of sp³-hybridized carbons (Fsp3) is 0.208. The van der Waals surface area contributed by atoms with E-state index in [1.165, 1.54) is 23.4 Å². The third-order valence-corrected chi connectivity index (χ3v) is 6.63. The number of nitrogens with one attached hydrogen (secondary N) is 2. The maximum atomic E-state index is 13.6. The summed E-state index contributed by atoms with van der Waals surface area (Å²) in [7, 11) is 0. The fourth-order valence-electron chi connectivity index (χ4n) is 3.65. The quantitative estimate of drug-likeness (QED) is 0.460. The Kier molecular flexibility index (Phi) is 6.12. The SMILES string of the molecule is CCc1ccc(N[C@H]2NC(=O)/C(=C/c3cc(C)n(-c4ccc(F)c(Cl)c4)c3C)S2)cc1. The Labute approximate surface area is 190 Å². The van der Waals surface area contributed by atoms with Gasteiger partial charge in [0.15, 0.2) is 5.50 Å². The maximum Gasteiger partial charge on any atom is 0.260 e. The van der Waals surface area contributed by atoms with Gasteiger partial charge in [-0.25, -0.2) is 4.39 Å². The number of aromatic nitrogens is 1. The number of carbonyl (C=O) groups excluding carboxylic acids is 1. The van der Waals surface area contributed by atoms with E-state index < -0.39 is 5.82 Å². The van der Waals surface area contributed by atoms with Crippen molar-refractivity contribution in [1.82, 2.24) is 9.88 Å². The highest BCUT2D eigenvalue weighted by atomic mass is 35.5. The summed E-state index contributed by atoms with van der Waals surface area (Å²) in [6, 6.07) is 14.9. The molecule has 1 aliphatic heterocycles. The van der Waals surface area contributed by atoms with Gasteiger partial charge in [0.25, 0.3) is 5.91 Å². The Balaban J connectivity index is 1.55. The van der Waals surface area contributed by atoms with Crippen LogP contribution in [0, 0.1) is 19.7 Å². The van der Waals surface area contributed by atoms with Crippen LogP contribution in [-0.2, 0) is 11.2 Å². The van der Waals surface area contributed by atoms with Gasteiger partial charge in [-0.1, -0.05) is 42.4 Å². The second kappa shape index (κ2) is 8.81. The monoisotopic (exact) mass is 455 g/mol. The number of anilines is 1. The lowest BCUT2D eigenvalue weighted by Crippen LogP contribution is -2.30. The standard InChI is InChI=1S/C24H23ClFN3OS/c1-4-16-5-7-18(8-6-16)27-24-28-23(30)22(31-24)12-17-11-14(2)29(15(17)3)19-9-10-21(26)20(25)13-19/h5-13,24,27H,4H2,1-3H3,(H,28,30)/b22-12-/t24-/m0/s1. The van der Waals surface area contributed by atoms with Gasteiger partial charge in [-0.3, -0.25) is 4.79 Å². The number of hydrogen-bond acceptors (Lipinski definition) is 3. The van der Waals surface area contributed by atoms with Crippen LogP contribution >= 0.6 is 23.4 Å². The van der Waals surface area contributed by atoms with Crippen molar-refractivity contribution >= 4 is 41.0 Å². The van der Waals surface area contributed by atoms with E-state index >= 15 is 0 Å². The number of hydrogen-bond donors (Lipinski definition) is 2. The molecule has 0 radical (unpaired) electrons. The molecule has 1 atom stereocenters. The van der Waals surface area contributed by atoms with Crippen molar-refractivity contribution in [2.24, 2.45) is 0 Å². The molecule has 0 spiro atoms. The van der Waals surface area contributed by atoms with Crippen LogP contribution in [0.3, 0.4) is 0 Å². The molecule has 3 aromatic rings. The summed E-state index contributed by atoms with van der Waals surface area (Å²) in [5.74, 6) is -0.556. The fourth-order valence-corrected chi connectivity index (χ4v) is 4.80. The molecule has 1 fully saturated rings. The second-order valence-corrected chi connectivity index (χ2v) is 8.99. The first-order valence-electron chi connectivity index (χ1n) is 10.0. The van der Waals surface area contributed by atoms with Crippen molar-refractivity contribution in [2.45, 2.75) is 32.7 Å². The molecule has 160 valence electrons. The van der Waals surface area contributed by atoms with Crippen molar-refractivity contribution in [1.29, 1.82) is 0 Å². The summed E-state index contributed by atoms with van der Waals surface area (Å²) >= 11 is 7.42. The number of nitrogens with zero attached hydrogens (tertiary/aromatic N) is 1. The summed E-state index contributed by atoms with van der Waals surface area (Å²) in [5, 5.41) is 6.39. The van der Waals surface area contributed by atoms with Crippen LogP contribution in [0.2, 0.25) is 5.02 Å². The van der Waals surface area contributed by atoms with Gasteiger partial charge in [0.1, 0.15) is 5.82 Å². The van der Waals surface area contributed by atoms with Gasteiger partial charge >= 0.3 is 0 Å². The minimum absolute atomic E-state index is 0.0801. The van der Waals surface area contributed by atoms with Crippen molar-refractivity contribution in [2.75, 3.05) is 5.32 Å². The van der Waals surface area contributed by atoms with Gasteiger partial charge in [-0.05, 0) is 73.9 Å². The zero-order chi connectivity index (χ0) is 22.1. The summed E-state index contributed by atoms with van der Waals surface area (Å²) < 4.78 is 15.6. The normalized spacial score (nSPS) is 17.3. The van der Waals surface area contributed by atoms with E-state index in [0.717, 1.165) is 34.7 Å². The van der Waals surface area contributed by atoms with Crippen LogP contribution in [0.1, 0.15) is 29.4 Å². The lowest BCUT2D eigenvalue weighted by atomic mass is 10.1. The molecule has 0 aliphatic carbocycles. The molecule has 0 saturated carbocycles. The molecule has 4 nitrogen and oxygen atoms in total. The Hall–Kier alpha value is -2.70. The molecular formula is C24H23ClFN3OS. The molecule has 1 aliphatic rings. The minimum atomic E-state index is -0.447. The third-order valence-electron chi connectivity index (χ3n) is 5.31. The summed E-state index contributed by atoms with van der Waals surface area (Å²) in [4.78, 5) is 13.2. The molecule has 0 bridgehead atoms. The smallest absolute Gasteiger partial charge is 0.260 e. The van der Waals surface area contributed by atoms with Crippen molar-refractivity contribution in [3.05, 3.63) is 86.8 Å². The van der Waals surface area contributed by atoms with Crippen LogP contribution in [0.5, 0.6) is 0 Å². The number of thioether (sulfide) groups is 1. The van der Waals surface area contributed by atoms with Gasteiger partial charge in [0.2, 0.25) is 0 Å². The Morgan fingerprint density at radius 3 is 2.61 bits per heavy atom. The molecule has 2 heterocycles. The average molecular weight is 456 g/mol. The number of benzene rings is 2. The first-order chi connectivity index (χ1) is 14.9. The number of aryl methyl sites for hydroxylation is 2. The molecule has 2 aromatic carbocycles. The van der Waals surface area contributed by atoms with Gasteiger partial charge in [0.05, 0.1) is 9.93 Å². The van der Waals surface area contributed by atoms with Crippen LogP contribution in [0.15, 0.2) is 53.4 Å². The second-order valence-electron chi connectivity index (χ2n) is 7.44. The largest absolute Gasteiger partial charge is 0.357 e. The third kappa shape index (κ3) is 4.50. The van der Waals surface area contributed by atoms with Crippen LogP contribution in [0.25, 0.3) is 11.8 Å². The highest BCUT2D eigenvalue weighted by Gasteiger charge is 2.27. The lowest BCUT2D eigenvalue weighted by molar-refractivity contribution is -0.116. The Morgan fingerprint density at radius 1 is 1.19 bits per heavy atom. The van der Waals surface area contributed by atoms with Crippen molar-refractivity contribution in [3.63, 3.8) is 0 Å². The molecular weight excluding hydrogens is 433 g/mol. The van der Waals surface area contributed by atoms with Gasteiger partial charge < -0.3 is 15.2 Å². The van der Waals surface area contributed by atoms with Crippen LogP contribution < -0.4 is 10.6 Å². The predicted molar refractivity (Wildman–Crippen MR) is 127 cm³/mol. The highest BCUT2D eigenvalue weighted by molar-refractivity contribution is 8.05. The van der Waals surface area contributed by atoms with E-state index in [9.17, 15) is 9.18 Å².